The van der Waals surface area contributed by atoms with Gasteiger partial charge in [-0.05, 0) is 111 Å². The summed E-state index contributed by atoms with van der Waals surface area (Å²) in [7, 11) is 0. The Bertz CT molecular complexity index is 3500. The van der Waals surface area contributed by atoms with E-state index in [0.29, 0.717) is 5.82 Å². The van der Waals surface area contributed by atoms with Crippen LogP contribution in [-0.2, 0) is 5.41 Å². The third-order valence-electron chi connectivity index (χ3n) is 13.0. The Morgan fingerprint density at radius 2 is 0.905 bits per heavy atom. The first-order valence-electron chi connectivity index (χ1n) is 21.6. The lowest BCUT2D eigenvalue weighted by atomic mass is 9.74. The summed E-state index contributed by atoms with van der Waals surface area (Å²) in [6.07, 6.45) is 0. The lowest BCUT2D eigenvalue weighted by molar-refractivity contribution is 0.714. The lowest BCUT2D eigenvalue weighted by Gasteiger charge is -2.28. The molecule has 0 bridgehead atoms. The first-order chi connectivity index (χ1) is 31.1. The molecule has 0 spiro atoms. The van der Waals surface area contributed by atoms with Crippen molar-refractivity contribution in [3.05, 3.63) is 241 Å². The minimum atomic E-state index is -0.253. The number of rotatable bonds is 7. The Morgan fingerprint density at radius 1 is 0.349 bits per heavy atom. The molecule has 0 saturated heterocycles. The number of hydrogen-bond acceptors (Lipinski definition) is 3. The Balaban J connectivity index is 0.991. The zero-order valence-corrected chi connectivity index (χ0v) is 35.5. The Labute approximate surface area is 371 Å². The highest BCUT2D eigenvalue weighted by molar-refractivity contribution is 7.25. The molecule has 2 heterocycles. The molecular formula is C60H40N2S. The van der Waals surface area contributed by atoms with Crippen LogP contribution in [0, 0.1) is 0 Å². The van der Waals surface area contributed by atoms with Crippen molar-refractivity contribution in [2.75, 3.05) is 0 Å². The zero-order valence-electron chi connectivity index (χ0n) is 34.7. The number of fused-ring (bicyclic) bond motifs is 6. The summed E-state index contributed by atoms with van der Waals surface area (Å²) in [5.74, 6) is 0.697. The first-order valence-corrected chi connectivity index (χ1v) is 22.4. The van der Waals surface area contributed by atoms with E-state index >= 15 is 0 Å². The minimum Gasteiger partial charge on any atom is -0.228 e. The van der Waals surface area contributed by atoms with Gasteiger partial charge in [0, 0.05) is 42.3 Å². The molecular weight excluding hydrogens is 781 g/mol. The minimum absolute atomic E-state index is 0.253. The Morgan fingerprint density at radius 3 is 1.68 bits per heavy atom. The molecule has 2 nitrogen and oxygen atoms in total. The van der Waals surface area contributed by atoms with E-state index in [1.165, 1.54) is 64.7 Å². The van der Waals surface area contributed by atoms with Crippen LogP contribution in [0.4, 0.5) is 0 Å². The summed E-state index contributed by atoms with van der Waals surface area (Å²) >= 11 is 1.85. The van der Waals surface area contributed by atoms with Gasteiger partial charge in [0.1, 0.15) is 0 Å². The molecule has 1 aliphatic carbocycles. The van der Waals surface area contributed by atoms with Crippen LogP contribution in [0.5, 0.6) is 0 Å². The second kappa shape index (κ2) is 15.0. The fourth-order valence-corrected chi connectivity index (χ4v) is 10.9. The maximum atomic E-state index is 5.31. The summed E-state index contributed by atoms with van der Waals surface area (Å²) in [5, 5.41) is 2.58. The van der Waals surface area contributed by atoms with Gasteiger partial charge in [-0.1, -0.05) is 182 Å². The lowest BCUT2D eigenvalue weighted by Crippen LogP contribution is -2.22. The maximum Gasteiger partial charge on any atom is 0.160 e. The van der Waals surface area contributed by atoms with Crippen LogP contribution in [-0.4, -0.2) is 9.97 Å². The monoisotopic (exact) mass is 820 g/mol. The second-order valence-electron chi connectivity index (χ2n) is 16.6. The van der Waals surface area contributed by atoms with Crippen LogP contribution in [0.1, 0.15) is 23.6 Å². The van der Waals surface area contributed by atoms with Crippen molar-refractivity contribution in [2.45, 2.75) is 12.3 Å². The summed E-state index contributed by atoms with van der Waals surface area (Å²) in [6.45, 7) is 2.37. The van der Waals surface area contributed by atoms with Crippen molar-refractivity contribution in [1.29, 1.82) is 0 Å². The predicted octanol–water partition coefficient (Wildman–Crippen LogP) is 16.2. The van der Waals surface area contributed by atoms with Gasteiger partial charge in [-0.2, -0.15) is 0 Å². The molecule has 2 aromatic heterocycles. The average Bonchev–Trinajstić information content (AvgIpc) is 3.87. The molecule has 0 fully saturated rings. The molecule has 0 amide bonds. The number of nitrogens with zero attached hydrogens (tertiary/aromatic N) is 2. The van der Waals surface area contributed by atoms with E-state index in [0.717, 1.165) is 44.8 Å². The van der Waals surface area contributed by atoms with Crippen LogP contribution in [0.2, 0.25) is 0 Å². The first kappa shape index (κ1) is 37.1. The van der Waals surface area contributed by atoms with E-state index in [4.69, 9.17) is 9.97 Å². The van der Waals surface area contributed by atoms with Crippen molar-refractivity contribution in [3.8, 4) is 78.4 Å². The van der Waals surface area contributed by atoms with E-state index in [1.54, 1.807) is 0 Å². The van der Waals surface area contributed by atoms with Crippen molar-refractivity contribution >= 4 is 31.5 Å². The van der Waals surface area contributed by atoms with Gasteiger partial charge in [-0.3, -0.25) is 0 Å². The van der Waals surface area contributed by atoms with Gasteiger partial charge >= 0.3 is 0 Å². The molecule has 0 aliphatic heterocycles. The average molecular weight is 821 g/mol. The van der Waals surface area contributed by atoms with Gasteiger partial charge in [0.2, 0.25) is 0 Å². The van der Waals surface area contributed by atoms with E-state index < -0.39 is 0 Å². The molecule has 0 radical (unpaired) electrons. The summed E-state index contributed by atoms with van der Waals surface area (Å²) in [6, 6.07) is 81.2. The van der Waals surface area contributed by atoms with Crippen LogP contribution in [0.15, 0.2) is 224 Å². The third-order valence-corrected chi connectivity index (χ3v) is 14.1. The SMILES string of the molecule is CC1(c2ccccc2)c2ccccc2-c2c(-c3ccc(-c4cc(-c5cc(-c6ccccc6)cc(-c6ccc7sc8ccccc8c7c6)c5)nc(-c5ccccc5)n4)cc3)cccc21. The van der Waals surface area contributed by atoms with Gasteiger partial charge in [0.15, 0.2) is 5.82 Å². The van der Waals surface area contributed by atoms with Crippen molar-refractivity contribution < 1.29 is 0 Å². The fourth-order valence-electron chi connectivity index (χ4n) is 9.79. The molecule has 0 N–H and O–H groups in total. The highest BCUT2D eigenvalue weighted by Crippen LogP contribution is 2.55. The van der Waals surface area contributed by atoms with Gasteiger partial charge in [-0.15, -0.1) is 11.3 Å². The van der Waals surface area contributed by atoms with Crippen LogP contribution >= 0.6 is 11.3 Å². The highest BCUT2D eigenvalue weighted by atomic mass is 32.1. The highest BCUT2D eigenvalue weighted by Gasteiger charge is 2.41. The van der Waals surface area contributed by atoms with Gasteiger partial charge in [-0.25, -0.2) is 9.97 Å². The largest absolute Gasteiger partial charge is 0.228 e. The van der Waals surface area contributed by atoms with Gasteiger partial charge in [0.25, 0.3) is 0 Å². The quantitative estimate of drug-likeness (QED) is 0.160. The Kier molecular flexibility index (Phi) is 8.84. The van der Waals surface area contributed by atoms with Gasteiger partial charge in [0.05, 0.1) is 11.4 Å². The molecule has 3 heteroatoms. The van der Waals surface area contributed by atoms with Crippen LogP contribution in [0.3, 0.4) is 0 Å². The van der Waals surface area contributed by atoms with E-state index in [-0.39, 0.29) is 5.41 Å². The summed E-state index contributed by atoms with van der Waals surface area (Å²) < 4.78 is 2.60. The number of benzene rings is 9. The molecule has 0 saturated carbocycles. The molecule has 296 valence electrons. The standard InChI is InChI=1S/C60H40N2S/c1-60(47-20-9-4-10-21-47)52-25-13-11-23-50(52)58-48(24-15-26-53(58)60)40-28-30-41(31-29-40)54-38-55(62-59(61-54)42-18-7-3-8-19-42)46-35-44(39-16-5-2-6-17-39)34-45(36-46)43-32-33-57-51(37-43)49-22-12-14-27-56(49)63-57/h2-38H,1H3. The summed E-state index contributed by atoms with van der Waals surface area (Å²) in [4.78, 5) is 10.6. The van der Waals surface area contributed by atoms with E-state index in [9.17, 15) is 0 Å². The number of hydrogen-bond donors (Lipinski definition) is 0. The molecule has 11 aromatic rings. The van der Waals surface area contributed by atoms with Crippen molar-refractivity contribution in [3.63, 3.8) is 0 Å². The normalized spacial score (nSPS) is 14.2. The zero-order chi connectivity index (χ0) is 41.9. The smallest absolute Gasteiger partial charge is 0.160 e. The molecule has 9 aromatic carbocycles. The molecule has 1 atom stereocenters. The van der Waals surface area contributed by atoms with Crippen molar-refractivity contribution in [1.82, 2.24) is 9.97 Å². The molecule has 63 heavy (non-hydrogen) atoms. The van der Waals surface area contributed by atoms with Gasteiger partial charge < -0.3 is 0 Å². The maximum absolute atomic E-state index is 5.31. The Hall–Kier alpha value is -7.72. The predicted molar refractivity (Wildman–Crippen MR) is 265 cm³/mol. The van der Waals surface area contributed by atoms with E-state index in [2.05, 4.69) is 225 Å². The topological polar surface area (TPSA) is 25.8 Å². The summed E-state index contributed by atoms with van der Waals surface area (Å²) in [5.41, 5.74) is 18.2. The number of aromatic nitrogens is 2. The molecule has 1 aliphatic rings. The van der Waals surface area contributed by atoms with Crippen LogP contribution in [0.25, 0.3) is 98.6 Å². The van der Waals surface area contributed by atoms with E-state index in [1.807, 2.05) is 17.4 Å². The molecule has 12 rings (SSSR count). The number of thiophene rings is 1. The fraction of sp³-hybridized carbons (Fsp3) is 0.0333. The molecule has 1 unspecified atom stereocenters. The third kappa shape index (κ3) is 6.31. The second-order valence-corrected chi connectivity index (χ2v) is 17.7. The van der Waals surface area contributed by atoms with Crippen LogP contribution < -0.4 is 0 Å². The van der Waals surface area contributed by atoms with Crippen molar-refractivity contribution in [2.24, 2.45) is 0 Å².